The van der Waals surface area contributed by atoms with Gasteiger partial charge in [0.1, 0.15) is 5.69 Å². The lowest BCUT2D eigenvalue weighted by molar-refractivity contribution is -0.383. The van der Waals surface area contributed by atoms with Crippen molar-refractivity contribution < 1.29 is 9.72 Å². The number of rotatable bonds is 1. The van der Waals surface area contributed by atoms with Crippen molar-refractivity contribution in [1.29, 1.82) is 0 Å². The van der Waals surface area contributed by atoms with Crippen molar-refractivity contribution in [2.24, 2.45) is 0 Å². The summed E-state index contributed by atoms with van der Waals surface area (Å²) >= 11 is 0. The second-order valence-corrected chi connectivity index (χ2v) is 3.94. The van der Waals surface area contributed by atoms with Crippen LogP contribution in [-0.4, -0.2) is 22.4 Å². The molecule has 0 saturated carbocycles. The van der Waals surface area contributed by atoms with Gasteiger partial charge in [0, 0.05) is 12.6 Å². The fourth-order valence-electron chi connectivity index (χ4n) is 2.28. The van der Waals surface area contributed by atoms with Crippen molar-refractivity contribution >= 4 is 22.5 Å². The Kier molecular flexibility index (Phi) is 1.91. The van der Waals surface area contributed by atoms with Crippen LogP contribution < -0.4 is 5.32 Å². The molecule has 2 N–H and O–H groups in total. The van der Waals surface area contributed by atoms with Gasteiger partial charge in [-0.15, -0.1) is 0 Å². The number of benzene rings is 1. The maximum atomic E-state index is 11.6. The number of amides is 1. The summed E-state index contributed by atoms with van der Waals surface area (Å²) in [6.45, 7) is 0.519. The third-order valence-corrected chi connectivity index (χ3v) is 2.99. The Morgan fingerprint density at radius 2 is 2.18 bits per heavy atom. The van der Waals surface area contributed by atoms with E-state index in [-0.39, 0.29) is 11.6 Å². The summed E-state index contributed by atoms with van der Waals surface area (Å²) in [4.78, 5) is 25.1. The second kappa shape index (κ2) is 3.31. The van der Waals surface area contributed by atoms with E-state index in [1.165, 1.54) is 6.07 Å². The minimum absolute atomic E-state index is 0.0506. The highest BCUT2D eigenvalue weighted by Gasteiger charge is 2.26. The van der Waals surface area contributed by atoms with E-state index in [2.05, 4.69) is 10.3 Å². The van der Waals surface area contributed by atoms with Crippen LogP contribution in [0.2, 0.25) is 0 Å². The maximum absolute atomic E-state index is 11.6. The standard InChI is InChI=1S/C11H9N3O3/c15-11-10-6(4-5-12-11)9-7(13-10)2-1-3-8(9)14(16)17/h1-3,13H,4-5H2,(H,12,15). The third kappa shape index (κ3) is 1.30. The zero-order chi connectivity index (χ0) is 12.0. The van der Waals surface area contributed by atoms with E-state index in [0.717, 1.165) is 5.56 Å². The predicted octanol–water partition coefficient (Wildman–Crippen LogP) is 1.36. The largest absolute Gasteiger partial charge is 0.350 e. The number of nitrogens with zero attached hydrogens (tertiary/aromatic N) is 1. The molecule has 2 heterocycles. The van der Waals surface area contributed by atoms with Gasteiger partial charge in [0.15, 0.2) is 0 Å². The first-order valence-electron chi connectivity index (χ1n) is 5.24. The number of H-pyrrole nitrogens is 1. The first kappa shape index (κ1) is 9.83. The Morgan fingerprint density at radius 3 is 2.94 bits per heavy atom. The first-order chi connectivity index (χ1) is 8.18. The minimum atomic E-state index is -0.414. The lowest BCUT2D eigenvalue weighted by Gasteiger charge is -2.11. The fourth-order valence-corrected chi connectivity index (χ4v) is 2.28. The molecular formula is C11H9N3O3. The number of nitro groups is 1. The van der Waals surface area contributed by atoms with Gasteiger partial charge in [-0.05, 0) is 18.1 Å². The molecule has 6 heteroatoms. The van der Waals surface area contributed by atoms with Crippen LogP contribution in [0.4, 0.5) is 5.69 Å². The molecule has 0 aliphatic carbocycles. The molecule has 0 radical (unpaired) electrons. The molecule has 1 aliphatic heterocycles. The number of nitro benzene ring substituents is 1. The van der Waals surface area contributed by atoms with Crippen LogP contribution in [0.5, 0.6) is 0 Å². The molecule has 1 amide bonds. The monoisotopic (exact) mass is 231 g/mol. The molecule has 0 saturated heterocycles. The summed E-state index contributed by atoms with van der Waals surface area (Å²) < 4.78 is 0. The Balaban J connectivity index is 2.40. The van der Waals surface area contributed by atoms with Gasteiger partial charge in [0.2, 0.25) is 0 Å². The van der Waals surface area contributed by atoms with Gasteiger partial charge in [0.05, 0.1) is 15.8 Å². The SMILES string of the molecule is O=C1NCCc2c1[nH]c1cccc([N+](=O)[O-])c21. The molecule has 0 spiro atoms. The Bertz CT molecular complexity index is 645. The number of hydrogen-bond donors (Lipinski definition) is 2. The lowest BCUT2D eigenvalue weighted by atomic mass is 10.0. The highest BCUT2D eigenvalue weighted by molar-refractivity contribution is 6.04. The molecule has 1 aromatic carbocycles. The molecule has 3 rings (SSSR count). The molecule has 2 aromatic rings. The normalized spacial score (nSPS) is 14.5. The van der Waals surface area contributed by atoms with Crippen molar-refractivity contribution in [3.63, 3.8) is 0 Å². The minimum Gasteiger partial charge on any atom is -0.350 e. The number of nitrogens with one attached hydrogen (secondary N) is 2. The van der Waals surface area contributed by atoms with Crippen LogP contribution in [0.25, 0.3) is 10.9 Å². The molecular weight excluding hydrogens is 222 g/mol. The summed E-state index contributed by atoms with van der Waals surface area (Å²) in [5.41, 5.74) is 1.88. The molecule has 86 valence electrons. The summed E-state index contributed by atoms with van der Waals surface area (Å²) in [5.74, 6) is -0.197. The molecule has 0 bridgehead atoms. The molecule has 17 heavy (non-hydrogen) atoms. The molecule has 1 aromatic heterocycles. The van der Waals surface area contributed by atoms with Crippen LogP contribution >= 0.6 is 0 Å². The van der Waals surface area contributed by atoms with Gasteiger partial charge in [-0.2, -0.15) is 0 Å². The second-order valence-electron chi connectivity index (χ2n) is 3.94. The predicted molar refractivity (Wildman–Crippen MR) is 61.0 cm³/mol. The Hall–Kier alpha value is -2.37. The van der Waals surface area contributed by atoms with Crippen molar-refractivity contribution in [1.82, 2.24) is 10.3 Å². The highest BCUT2D eigenvalue weighted by atomic mass is 16.6. The zero-order valence-electron chi connectivity index (χ0n) is 8.82. The summed E-state index contributed by atoms with van der Waals surface area (Å²) in [7, 11) is 0. The number of carbonyl (C=O) groups excluding carboxylic acids is 1. The van der Waals surface area contributed by atoms with Crippen molar-refractivity contribution in [3.05, 3.63) is 39.6 Å². The highest BCUT2D eigenvalue weighted by Crippen LogP contribution is 2.32. The van der Waals surface area contributed by atoms with Crippen molar-refractivity contribution in [2.75, 3.05) is 6.54 Å². The van der Waals surface area contributed by atoms with Crippen molar-refractivity contribution in [3.8, 4) is 0 Å². The smallest absolute Gasteiger partial charge is 0.279 e. The Labute approximate surface area is 95.8 Å². The van der Waals surface area contributed by atoms with E-state index in [1.54, 1.807) is 12.1 Å². The van der Waals surface area contributed by atoms with E-state index < -0.39 is 4.92 Å². The summed E-state index contributed by atoms with van der Waals surface area (Å²) in [5, 5.41) is 14.2. The number of aromatic amines is 1. The first-order valence-corrected chi connectivity index (χ1v) is 5.24. The number of fused-ring (bicyclic) bond motifs is 3. The van der Waals surface area contributed by atoms with Gasteiger partial charge >= 0.3 is 0 Å². The summed E-state index contributed by atoms with van der Waals surface area (Å²) in [6.07, 6.45) is 0.617. The fraction of sp³-hybridized carbons (Fsp3) is 0.182. The van der Waals surface area contributed by atoms with Gasteiger partial charge in [-0.1, -0.05) is 6.07 Å². The van der Waals surface area contributed by atoms with Crippen LogP contribution in [0, 0.1) is 10.1 Å². The number of carbonyl (C=O) groups is 1. The molecule has 0 unspecified atom stereocenters. The molecule has 1 aliphatic rings. The molecule has 0 fully saturated rings. The van der Waals surface area contributed by atoms with E-state index >= 15 is 0 Å². The van der Waals surface area contributed by atoms with Gasteiger partial charge in [-0.25, -0.2) is 0 Å². The third-order valence-electron chi connectivity index (χ3n) is 2.99. The average Bonchev–Trinajstić information content (AvgIpc) is 2.69. The van der Waals surface area contributed by atoms with Crippen molar-refractivity contribution in [2.45, 2.75) is 6.42 Å². The zero-order valence-corrected chi connectivity index (χ0v) is 8.82. The van der Waals surface area contributed by atoms with Crippen LogP contribution in [-0.2, 0) is 6.42 Å². The number of aromatic nitrogens is 1. The van der Waals surface area contributed by atoms with E-state index in [9.17, 15) is 14.9 Å². The quantitative estimate of drug-likeness (QED) is 0.573. The molecule has 6 nitrogen and oxygen atoms in total. The van der Waals surface area contributed by atoms with E-state index in [4.69, 9.17) is 0 Å². The van der Waals surface area contributed by atoms with Crippen LogP contribution in [0.15, 0.2) is 18.2 Å². The van der Waals surface area contributed by atoms with Gasteiger partial charge < -0.3 is 10.3 Å². The maximum Gasteiger partial charge on any atom is 0.279 e. The van der Waals surface area contributed by atoms with Gasteiger partial charge in [-0.3, -0.25) is 14.9 Å². The number of non-ortho nitro benzene ring substituents is 1. The van der Waals surface area contributed by atoms with Gasteiger partial charge in [0.25, 0.3) is 11.6 Å². The topological polar surface area (TPSA) is 88.0 Å². The Morgan fingerprint density at radius 1 is 1.35 bits per heavy atom. The molecule has 0 atom stereocenters. The van der Waals surface area contributed by atoms with Crippen LogP contribution in [0.1, 0.15) is 16.1 Å². The number of hydrogen-bond acceptors (Lipinski definition) is 3. The lowest BCUT2D eigenvalue weighted by Crippen LogP contribution is -2.31. The average molecular weight is 231 g/mol. The van der Waals surface area contributed by atoms with Crippen LogP contribution in [0.3, 0.4) is 0 Å². The summed E-state index contributed by atoms with van der Waals surface area (Å²) in [6, 6.07) is 4.82. The van der Waals surface area contributed by atoms with E-state index in [1.807, 2.05) is 0 Å². The van der Waals surface area contributed by atoms with E-state index in [0.29, 0.717) is 29.6 Å².